The number of hydrogen-bond acceptors (Lipinski definition) is 7. The molecule has 154 valence electrons. The van der Waals surface area contributed by atoms with Gasteiger partial charge in [0.15, 0.2) is 23.2 Å². The van der Waals surface area contributed by atoms with Gasteiger partial charge >= 0.3 is 5.97 Å². The molecular weight excluding hydrogens is 394 g/mol. The maximum Gasteiger partial charge on any atom is 0.310 e. The summed E-state index contributed by atoms with van der Waals surface area (Å²) in [6.45, 7) is 1.93. The Hall–Kier alpha value is -3.49. The molecule has 2 heterocycles. The van der Waals surface area contributed by atoms with Crippen LogP contribution in [0.1, 0.15) is 29.9 Å². The van der Waals surface area contributed by atoms with Gasteiger partial charge in [0.1, 0.15) is 0 Å². The molecule has 3 aromatic rings. The lowest BCUT2D eigenvalue weighted by atomic mass is 10.1. The second-order valence-corrected chi connectivity index (χ2v) is 6.76. The van der Waals surface area contributed by atoms with E-state index in [0.29, 0.717) is 22.8 Å². The van der Waals surface area contributed by atoms with Crippen molar-refractivity contribution in [2.45, 2.75) is 18.8 Å². The lowest BCUT2D eigenvalue weighted by Gasteiger charge is -2.07. The van der Waals surface area contributed by atoms with Crippen LogP contribution in [0.25, 0.3) is 11.6 Å². The summed E-state index contributed by atoms with van der Waals surface area (Å²) in [5.41, 5.74) is 1.13. The van der Waals surface area contributed by atoms with Crippen LogP contribution in [0.15, 0.2) is 43.0 Å². The molecule has 2 aromatic heterocycles. The van der Waals surface area contributed by atoms with Crippen LogP contribution in [-0.2, 0) is 9.53 Å². The molecule has 1 fully saturated rings. The normalized spacial score (nSPS) is 19.9. The van der Waals surface area contributed by atoms with Crippen LogP contribution in [0.5, 0.6) is 5.75 Å². The first-order valence-electron chi connectivity index (χ1n) is 9.34. The molecule has 0 spiro atoms. The number of ether oxygens (including phenoxy) is 2. The van der Waals surface area contributed by atoms with Gasteiger partial charge in [0.2, 0.25) is 5.82 Å². The highest BCUT2D eigenvalue weighted by atomic mass is 19.2. The van der Waals surface area contributed by atoms with Crippen LogP contribution in [0.4, 0.5) is 8.78 Å². The summed E-state index contributed by atoms with van der Waals surface area (Å²) in [5.74, 6) is -3.30. The minimum Gasteiger partial charge on any atom is -0.494 e. The smallest absolute Gasteiger partial charge is 0.310 e. The number of methoxy groups -OCH3 is 1. The summed E-state index contributed by atoms with van der Waals surface area (Å²) in [5, 5.41) is 0. The SMILES string of the molecule is CCOC(=O)C1C(c2cnc(-c3ncccn3)nc2)C1c1cc(F)c(F)c(OC)c1. The number of carbonyl (C=O) groups is 1. The Labute approximate surface area is 171 Å². The summed E-state index contributed by atoms with van der Waals surface area (Å²) in [6.07, 6.45) is 6.35. The zero-order valence-corrected chi connectivity index (χ0v) is 16.3. The van der Waals surface area contributed by atoms with Gasteiger partial charge in [-0.3, -0.25) is 4.79 Å². The quantitative estimate of drug-likeness (QED) is 0.574. The van der Waals surface area contributed by atoms with Crippen molar-refractivity contribution in [3.8, 4) is 17.4 Å². The van der Waals surface area contributed by atoms with Crippen LogP contribution < -0.4 is 4.74 Å². The third-order valence-corrected chi connectivity index (χ3v) is 5.02. The molecule has 0 radical (unpaired) electrons. The number of nitrogens with zero attached hydrogens (tertiary/aromatic N) is 4. The fraction of sp³-hybridized carbons (Fsp3) is 0.286. The summed E-state index contributed by atoms with van der Waals surface area (Å²) in [4.78, 5) is 29.3. The molecule has 30 heavy (non-hydrogen) atoms. The summed E-state index contributed by atoms with van der Waals surface area (Å²) in [7, 11) is 1.26. The van der Waals surface area contributed by atoms with E-state index in [1.165, 1.54) is 13.2 Å². The Morgan fingerprint density at radius 1 is 1.00 bits per heavy atom. The highest BCUT2D eigenvalue weighted by Gasteiger charge is 2.57. The first-order chi connectivity index (χ1) is 14.5. The van der Waals surface area contributed by atoms with Crippen molar-refractivity contribution < 1.29 is 23.0 Å². The largest absolute Gasteiger partial charge is 0.494 e. The van der Waals surface area contributed by atoms with Crippen LogP contribution in [0.2, 0.25) is 0 Å². The summed E-state index contributed by atoms with van der Waals surface area (Å²) < 4.78 is 38.0. The maximum atomic E-state index is 14.1. The van der Waals surface area contributed by atoms with E-state index in [1.807, 2.05) is 0 Å². The van der Waals surface area contributed by atoms with E-state index < -0.39 is 29.4 Å². The predicted octanol–water partition coefficient (Wildman–Crippen LogP) is 3.28. The number of benzene rings is 1. The van der Waals surface area contributed by atoms with Crippen molar-refractivity contribution in [1.29, 1.82) is 0 Å². The fourth-order valence-corrected chi connectivity index (χ4v) is 3.64. The number of hydrogen-bond donors (Lipinski definition) is 0. The van der Waals surface area contributed by atoms with Gasteiger partial charge in [-0.05, 0) is 36.2 Å². The van der Waals surface area contributed by atoms with Crippen LogP contribution in [0, 0.1) is 17.6 Å². The van der Waals surface area contributed by atoms with E-state index in [-0.39, 0.29) is 18.3 Å². The van der Waals surface area contributed by atoms with E-state index in [0.717, 1.165) is 6.07 Å². The number of aromatic nitrogens is 4. The van der Waals surface area contributed by atoms with Gasteiger partial charge in [-0.25, -0.2) is 24.3 Å². The average molecular weight is 412 g/mol. The Morgan fingerprint density at radius 2 is 1.63 bits per heavy atom. The Morgan fingerprint density at radius 3 is 2.27 bits per heavy atom. The molecule has 0 bridgehead atoms. The fourth-order valence-electron chi connectivity index (χ4n) is 3.64. The van der Waals surface area contributed by atoms with E-state index in [9.17, 15) is 13.6 Å². The Bertz CT molecular complexity index is 1060. The average Bonchev–Trinajstić information content (AvgIpc) is 3.52. The van der Waals surface area contributed by atoms with Crippen molar-refractivity contribution >= 4 is 5.97 Å². The summed E-state index contributed by atoms with van der Waals surface area (Å²) in [6, 6.07) is 4.18. The van der Waals surface area contributed by atoms with Gasteiger partial charge in [0.25, 0.3) is 0 Å². The number of esters is 1. The minimum atomic E-state index is -1.07. The zero-order valence-electron chi connectivity index (χ0n) is 16.3. The molecule has 0 amide bonds. The standard InChI is InChI=1S/C21H18F2N4O3/c1-3-30-21(28)17-15(11-7-13(22)18(23)14(8-11)29-2)16(17)12-9-26-20(27-10-12)19-24-5-4-6-25-19/h4-10,15-17H,3H2,1-2H3. The van der Waals surface area contributed by atoms with Crippen LogP contribution in [-0.4, -0.2) is 39.6 Å². The second-order valence-electron chi connectivity index (χ2n) is 6.76. The minimum absolute atomic E-state index is 0.217. The maximum absolute atomic E-state index is 14.1. The molecule has 7 nitrogen and oxygen atoms in total. The van der Waals surface area contributed by atoms with Crippen molar-refractivity contribution in [2.24, 2.45) is 5.92 Å². The lowest BCUT2D eigenvalue weighted by Crippen LogP contribution is -2.08. The van der Waals surface area contributed by atoms with Gasteiger partial charge in [-0.15, -0.1) is 0 Å². The molecule has 0 saturated heterocycles. The van der Waals surface area contributed by atoms with Gasteiger partial charge in [0, 0.05) is 36.6 Å². The molecular formula is C21H18F2N4O3. The molecule has 3 atom stereocenters. The number of halogens is 2. The molecule has 0 N–H and O–H groups in total. The van der Waals surface area contributed by atoms with Crippen molar-refractivity contribution in [3.63, 3.8) is 0 Å². The molecule has 3 unspecified atom stereocenters. The first kappa shape index (κ1) is 19.8. The van der Waals surface area contributed by atoms with Gasteiger partial charge in [-0.2, -0.15) is 4.39 Å². The zero-order chi connectivity index (χ0) is 21.3. The number of carbonyl (C=O) groups excluding carboxylic acids is 1. The van der Waals surface area contributed by atoms with Gasteiger partial charge in [-0.1, -0.05) is 0 Å². The third-order valence-electron chi connectivity index (χ3n) is 5.02. The monoisotopic (exact) mass is 412 g/mol. The Kier molecular flexibility index (Phi) is 5.35. The highest BCUT2D eigenvalue weighted by molar-refractivity contribution is 5.80. The van der Waals surface area contributed by atoms with Crippen LogP contribution in [0.3, 0.4) is 0 Å². The molecule has 4 rings (SSSR count). The highest BCUT2D eigenvalue weighted by Crippen LogP contribution is 2.61. The van der Waals surface area contributed by atoms with E-state index in [2.05, 4.69) is 19.9 Å². The molecule has 1 aliphatic carbocycles. The summed E-state index contributed by atoms with van der Waals surface area (Å²) >= 11 is 0. The topological polar surface area (TPSA) is 87.1 Å². The van der Waals surface area contributed by atoms with E-state index >= 15 is 0 Å². The molecule has 9 heteroatoms. The van der Waals surface area contributed by atoms with Gasteiger partial charge < -0.3 is 9.47 Å². The predicted molar refractivity (Wildman–Crippen MR) is 102 cm³/mol. The van der Waals surface area contributed by atoms with E-state index in [1.54, 1.807) is 37.8 Å². The lowest BCUT2D eigenvalue weighted by molar-refractivity contribution is -0.144. The van der Waals surface area contributed by atoms with Gasteiger partial charge in [0.05, 0.1) is 19.6 Å². The molecule has 0 aliphatic heterocycles. The molecule has 1 aromatic carbocycles. The molecule has 1 saturated carbocycles. The second kappa shape index (κ2) is 8.10. The van der Waals surface area contributed by atoms with Crippen molar-refractivity contribution in [3.05, 3.63) is 65.7 Å². The Balaban J connectivity index is 1.67. The van der Waals surface area contributed by atoms with Crippen molar-refractivity contribution in [2.75, 3.05) is 13.7 Å². The first-order valence-corrected chi connectivity index (χ1v) is 9.34. The third kappa shape index (κ3) is 3.58. The number of rotatable bonds is 6. The molecule has 1 aliphatic rings. The van der Waals surface area contributed by atoms with Crippen LogP contribution >= 0.6 is 0 Å². The van der Waals surface area contributed by atoms with Crippen molar-refractivity contribution in [1.82, 2.24) is 19.9 Å². The van der Waals surface area contributed by atoms with E-state index in [4.69, 9.17) is 9.47 Å².